The molecule has 2 aromatic rings. The highest BCUT2D eigenvalue weighted by Gasteiger charge is 2.37. The second kappa shape index (κ2) is 7.21. The summed E-state index contributed by atoms with van der Waals surface area (Å²) in [6.45, 7) is 8.11. The van der Waals surface area contributed by atoms with E-state index in [1.807, 2.05) is 17.9 Å². The number of hydrogen-bond donors (Lipinski definition) is 1. The number of piperazine rings is 1. The zero-order valence-electron chi connectivity index (χ0n) is 17.0. The molecule has 2 heterocycles. The van der Waals surface area contributed by atoms with Gasteiger partial charge in [0.25, 0.3) is 5.91 Å². The van der Waals surface area contributed by atoms with Crippen LogP contribution in [0.2, 0.25) is 0 Å². The van der Waals surface area contributed by atoms with Crippen LogP contribution in [0.15, 0.2) is 33.8 Å². The van der Waals surface area contributed by atoms with Crippen LogP contribution in [0.5, 0.6) is 0 Å². The summed E-state index contributed by atoms with van der Waals surface area (Å²) in [7, 11) is 0. The Hall–Kier alpha value is -2.83. The number of halogens is 1. The van der Waals surface area contributed by atoms with E-state index in [1.165, 1.54) is 6.07 Å². The smallest absolute Gasteiger partial charge is 0.289 e. The molecule has 4 rings (SSSR count). The molecule has 1 amide bonds. The molecule has 0 bridgehead atoms. The number of furan rings is 1. The van der Waals surface area contributed by atoms with Crippen LogP contribution in [0.25, 0.3) is 0 Å². The molecule has 154 valence electrons. The molecular formula is C22H26FN3O3. The van der Waals surface area contributed by atoms with Crippen LogP contribution >= 0.6 is 0 Å². The first-order valence-corrected chi connectivity index (χ1v) is 9.93. The predicted molar refractivity (Wildman–Crippen MR) is 108 cm³/mol. The summed E-state index contributed by atoms with van der Waals surface area (Å²) in [5.41, 5.74) is 2.53. The van der Waals surface area contributed by atoms with Crippen LogP contribution in [-0.2, 0) is 6.42 Å². The van der Waals surface area contributed by atoms with Crippen molar-refractivity contribution < 1.29 is 18.8 Å². The van der Waals surface area contributed by atoms with E-state index in [0.717, 1.165) is 11.1 Å². The second-order valence-corrected chi connectivity index (χ2v) is 8.65. The zero-order valence-corrected chi connectivity index (χ0v) is 17.0. The van der Waals surface area contributed by atoms with E-state index in [2.05, 4.69) is 19.0 Å². The lowest BCUT2D eigenvalue weighted by atomic mass is 9.75. The maximum Gasteiger partial charge on any atom is 0.289 e. The van der Waals surface area contributed by atoms with Gasteiger partial charge in [-0.2, -0.15) is 0 Å². The van der Waals surface area contributed by atoms with Gasteiger partial charge in [-0.25, -0.2) is 4.39 Å². The molecule has 1 N–H and O–H groups in total. The van der Waals surface area contributed by atoms with Crippen LogP contribution in [0, 0.1) is 18.2 Å². The van der Waals surface area contributed by atoms with Gasteiger partial charge in [0, 0.05) is 43.7 Å². The Labute approximate surface area is 169 Å². The molecule has 0 unspecified atom stereocenters. The van der Waals surface area contributed by atoms with E-state index < -0.39 is 0 Å². The Balaban J connectivity index is 1.53. The SMILES string of the molecule is Cc1c(C(=O)N2CCN(c3ccccc3F)CC2)oc2c1/C(=N/O)CC(C)(C)C2. The minimum Gasteiger partial charge on any atom is -0.455 e. The van der Waals surface area contributed by atoms with E-state index in [9.17, 15) is 14.4 Å². The monoisotopic (exact) mass is 399 g/mol. The lowest BCUT2D eigenvalue weighted by Gasteiger charge is -2.35. The Morgan fingerprint density at radius 1 is 1.17 bits per heavy atom. The summed E-state index contributed by atoms with van der Waals surface area (Å²) < 4.78 is 20.0. The number of fused-ring (bicyclic) bond motifs is 1. The Kier molecular flexibility index (Phi) is 4.84. The van der Waals surface area contributed by atoms with Gasteiger partial charge in [-0.3, -0.25) is 4.79 Å². The zero-order chi connectivity index (χ0) is 20.8. The van der Waals surface area contributed by atoms with E-state index >= 15 is 0 Å². The van der Waals surface area contributed by atoms with Crippen LogP contribution < -0.4 is 4.90 Å². The molecule has 0 spiro atoms. The minimum atomic E-state index is -0.250. The number of carbonyl (C=O) groups excluding carboxylic acids is 1. The fraction of sp³-hybridized carbons (Fsp3) is 0.455. The van der Waals surface area contributed by atoms with Gasteiger partial charge < -0.3 is 19.4 Å². The van der Waals surface area contributed by atoms with Crippen molar-refractivity contribution >= 4 is 17.3 Å². The maximum atomic E-state index is 14.0. The number of rotatable bonds is 2. The van der Waals surface area contributed by atoms with Crippen molar-refractivity contribution in [3.8, 4) is 0 Å². The average molecular weight is 399 g/mol. The number of amides is 1. The standard InChI is InChI=1S/C22H26FN3O3/c1-14-19-16(24-28)12-22(2,3)13-18(19)29-20(14)21(27)26-10-8-25(9-11-26)17-7-5-4-6-15(17)23/h4-7,28H,8-13H2,1-3H3/b24-16+. The minimum absolute atomic E-state index is 0.0927. The first kappa shape index (κ1) is 19.5. The summed E-state index contributed by atoms with van der Waals surface area (Å²) in [6.07, 6.45) is 1.32. The maximum absolute atomic E-state index is 14.0. The molecule has 1 aromatic carbocycles. The van der Waals surface area contributed by atoms with Crippen LogP contribution in [0.4, 0.5) is 10.1 Å². The fourth-order valence-electron chi connectivity index (χ4n) is 4.41. The predicted octanol–water partition coefficient (Wildman–Crippen LogP) is 3.84. The Morgan fingerprint density at radius 3 is 2.52 bits per heavy atom. The number of oxime groups is 1. The highest BCUT2D eigenvalue weighted by molar-refractivity contribution is 6.06. The molecule has 6 nitrogen and oxygen atoms in total. The summed E-state index contributed by atoms with van der Waals surface area (Å²) in [4.78, 5) is 16.8. The van der Waals surface area contributed by atoms with Crippen molar-refractivity contribution in [3.63, 3.8) is 0 Å². The second-order valence-electron chi connectivity index (χ2n) is 8.65. The van der Waals surface area contributed by atoms with Gasteiger partial charge in [0.15, 0.2) is 5.76 Å². The molecule has 0 atom stereocenters. The quantitative estimate of drug-likeness (QED) is 0.615. The van der Waals surface area contributed by atoms with Gasteiger partial charge in [0.1, 0.15) is 11.6 Å². The number of anilines is 1. The molecule has 2 aliphatic rings. The largest absolute Gasteiger partial charge is 0.455 e. The lowest BCUT2D eigenvalue weighted by molar-refractivity contribution is 0.0710. The van der Waals surface area contributed by atoms with Crippen molar-refractivity contribution in [1.29, 1.82) is 0 Å². The summed E-state index contributed by atoms with van der Waals surface area (Å²) in [5.74, 6) is 0.605. The third kappa shape index (κ3) is 3.50. The summed E-state index contributed by atoms with van der Waals surface area (Å²) >= 11 is 0. The molecule has 1 aromatic heterocycles. The van der Waals surface area contributed by atoms with E-state index in [-0.39, 0.29) is 17.1 Å². The topological polar surface area (TPSA) is 69.3 Å². The Bertz CT molecular complexity index is 972. The number of nitrogens with zero attached hydrogens (tertiary/aromatic N) is 3. The molecule has 1 saturated heterocycles. The van der Waals surface area contributed by atoms with Crippen LogP contribution in [0.3, 0.4) is 0 Å². The number of para-hydroxylation sites is 1. The number of hydrogen-bond acceptors (Lipinski definition) is 5. The number of carbonyl (C=O) groups is 1. The summed E-state index contributed by atoms with van der Waals surface area (Å²) in [6, 6.07) is 6.69. The Morgan fingerprint density at radius 2 is 1.86 bits per heavy atom. The van der Waals surface area contributed by atoms with E-state index in [1.54, 1.807) is 17.0 Å². The molecule has 0 radical (unpaired) electrons. The van der Waals surface area contributed by atoms with Gasteiger partial charge in [-0.1, -0.05) is 31.1 Å². The van der Waals surface area contributed by atoms with Crippen LogP contribution in [0.1, 0.15) is 47.7 Å². The normalized spacial score (nSPS) is 20.1. The third-order valence-corrected chi connectivity index (χ3v) is 5.87. The van der Waals surface area contributed by atoms with Gasteiger partial charge in [-0.05, 0) is 30.9 Å². The first-order valence-electron chi connectivity index (χ1n) is 9.93. The molecule has 0 saturated carbocycles. The van der Waals surface area contributed by atoms with Crippen LogP contribution in [-0.4, -0.2) is 47.9 Å². The summed E-state index contributed by atoms with van der Waals surface area (Å²) in [5, 5.41) is 12.9. The highest BCUT2D eigenvalue weighted by atomic mass is 19.1. The van der Waals surface area contributed by atoms with Crippen molar-refractivity contribution in [3.05, 3.63) is 52.7 Å². The highest BCUT2D eigenvalue weighted by Crippen LogP contribution is 2.39. The van der Waals surface area contributed by atoms with E-state index in [4.69, 9.17) is 4.42 Å². The van der Waals surface area contributed by atoms with Gasteiger partial charge in [0.2, 0.25) is 0 Å². The molecular weight excluding hydrogens is 373 g/mol. The van der Waals surface area contributed by atoms with Gasteiger partial charge in [0.05, 0.1) is 11.4 Å². The molecule has 1 fully saturated rings. The molecule has 7 heteroatoms. The fourth-order valence-corrected chi connectivity index (χ4v) is 4.41. The lowest BCUT2D eigenvalue weighted by Crippen LogP contribution is -2.49. The van der Waals surface area contributed by atoms with Crippen molar-refractivity contribution in [2.24, 2.45) is 10.6 Å². The van der Waals surface area contributed by atoms with Crippen molar-refractivity contribution in [2.45, 2.75) is 33.6 Å². The van der Waals surface area contributed by atoms with Gasteiger partial charge in [-0.15, -0.1) is 0 Å². The molecule has 29 heavy (non-hydrogen) atoms. The average Bonchev–Trinajstić information content (AvgIpc) is 3.02. The first-order chi connectivity index (χ1) is 13.8. The third-order valence-electron chi connectivity index (χ3n) is 5.87. The van der Waals surface area contributed by atoms with E-state index in [0.29, 0.717) is 61.9 Å². The van der Waals surface area contributed by atoms with Gasteiger partial charge >= 0.3 is 0 Å². The number of benzene rings is 1. The molecule has 1 aliphatic heterocycles. The van der Waals surface area contributed by atoms with Crippen molar-refractivity contribution in [1.82, 2.24) is 4.90 Å². The van der Waals surface area contributed by atoms with Crippen molar-refractivity contribution in [2.75, 3.05) is 31.1 Å². The molecule has 1 aliphatic carbocycles.